The quantitative estimate of drug-likeness (QED) is 0.767. The van der Waals surface area contributed by atoms with E-state index in [4.69, 9.17) is 16.3 Å². The maximum Gasteiger partial charge on any atom is 0.228 e. The van der Waals surface area contributed by atoms with Crippen molar-refractivity contribution in [3.8, 4) is 0 Å². The van der Waals surface area contributed by atoms with E-state index >= 15 is 0 Å². The molecule has 0 spiro atoms. The fourth-order valence-corrected chi connectivity index (χ4v) is 2.09. The molecule has 116 valence electrons. The van der Waals surface area contributed by atoms with Crippen LogP contribution in [0, 0.1) is 0 Å². The standard InChI is InChI=1S/C17H19ClN2O2/c1-22-11-10-19-15-6-8-16(9-7-15)20-17(21)12-13-2-4-14(18)5-3-13/h2-9,19H,10-12H2,1H3,(H,20,21). The molecule has 1 amide bonds. The zero-order valence-corrected chi connectivity index (χ0v) is 13.2. The molecule has 0 atom stereocenters. The average molecular weight is 319 g/mol. The zero-order valence-electron chi connectivity index (χ0n) is 12.4. The second kappa shape index (κ2) is 8.41. The van der Waals surface area contributed by atoms with Crippen molar-refractivity contribution < 1.29 is 9.53 Å². The van der Waals surface area contributed by atoms with Crippen molar-refractivity contribution in [1.82, 2.24) is 0 Å². The van der Waals surface area contributed by atoms with Crippen LogP contribution in [0.5, 0.6) is 0 Å². The number of hydrogen-bond donors (Lipinski definition) is 2. The summed E-state index contributed by atoms with van der Waals surface area (Å²) in [5, 5.41) is 6.76. The fourth-order valence-electron chi connectivity index (χ4n) is 1.96. The van der Waals surface area contributed by atoms with Gasteiger partial charge < -0.3 is 15.4 Å². The lowest BCUT2D eigenvalue weighted by Crippen LogP contribution is -2.14. The van der Waals surface area contributed by atoms with Gasteiger partial charge in [0.15, 0.2) is 0 Å². The molecular formula is C17H19ClN2O2. The molecule has 0 bridgehead atoms. The Morgan fingerprint density at radius 1 is 1.05 bits per heavy atom. The lowest BCUT2D eigenvalue weighted by Gasteiger charge is -2.08. The number of methoxy groups -OCH3 is 1. The third-order valence-electron chi connectivity index (χ3n) is 3.08. The highest BCUT2D eigenvalue weighted by molar-refractivity contribution is 6.30. The van der Waals surface area contributed by atoms with Gasteiger partial charge in [-0.05, 0) is 42.0 Å². The molecule has 0 aliphatic heterocycles. The molecular weight excluding hydrogens is 300 g/mol. The van der Waals surface area contributed by atoms with Gasteiger partial charge >= 0.3 is 0 Å². The molecule has 0 fully saturated rings. The first-order valence-corrected chi connectivity index (χ1v) is 7.42. The molecule has 0 saturated heterocycles. The Morgan fingerprint density at radius 2 is 1.68 bits per heavy atom. The Hall–Kier alpha value is -2.04. The van der Waals surface area contributed by atoms with Crippen LogP contribution in [0.25, 0.3) is 0 Å². The van der Waals surface area contributed by atoms with Gasteiger partial charge in [0.25, 0.3) is 0 Å². The van der Waals surface area contributed by atoms with Crippen LogP contribution in [0.15, 0.2) is 48.5 Å². The average Bonchev–Trinajstić information content (AvgIpc) is 2.51. The first-order valence-electron chi connectivity index (χ1n) is 7.04. The topological polar surface area (TPSA) is 50.4 Å². The van der Waals surface area contributed by atoms with Crippen LogP contribution in [0.1, 0.15) is 5.56 Å². The van der Waals surface area contributed by atoms with Gasteiger partial charge in [-0.3, -0.25) is 4.79 Å². The van der Waals surface area contributed by atoms with E-state index in [2.05, 4.69) is 10.6 Å². The first kappa shape index (κ1) is 16.3. The number of benzene rings is 2. The molecule has 2 aromatic carbocycles. The smallest absolute Gasteiger partial charge is 0.228 e. The minimum absolute atomic E-state index is 0.0533. The van der Waals surface area contributed by atoms with Crippen LogP contribution in [0.4, 0.5) is 11.4 Å². The predicted octanol–water partition coefficient (Wildman–Crippen LogP) is 3.58. The van der Waals surface area contributed by atoms with Gasteiger partial charge in [-0.1, -0.05) is 23.7 Å². The molecule has 0 saturated carbocycles. The maximum absolute atomic E-state index is 12.0. The van der Waals surface area contributed by atoms with Crippen molar-refractivity contribution >= 4 is 28.9 Å². The van der Waals surface area contributed by atoms with E-state index in [-0.39, 0.29) is 5.91 Å². The number of carbonyl (C=O) groups is 1. The molecule has 0 aliphatic carbocycles. The molecule has 0 heterocycles. The lowest BCUT2D eigenvalue weighted by atomic mass is 10.1. The third-order valence-corrected chi connectivity index (χ3v) is 3.33. The van der Waals surface area contributed by atoms with Gasteiger partial charge in [0, 0.05) is 30.1 Å². The second-order valence-electron chi connectivity index (χ2n) is 4.85. The SMILES string of the molecule is COCCNc1ccc(NC(=O)Cc2ccc(Cl)cc2)cc1. The summed E-state index contributed by atoms with van der Waals surface area (Å²) in [4.78, 5) is 12.0. The fraction of sp³-hybridized carbons (Fsp3) is 0.235. The Morgan fingerprint density at radius 3 is 2.32 bits per heavy atom. The van der Waals surface area contributed by atoms with Gasteiger partial charge in [-0.15, -0.1) is 0 Å². The Balaban J connectivity index is 1.84. The summed E-state index contributed by atoms with van der Waals surface area (Å²) in [7, 11) is 1.67. The molecule has 0 aliphatic rings. The molecule has 0 unspecified atom stereocenters. The summed E-state index contributed by atoms with van der Waals surface area (Å²) in [6.45, 7) is 1.40. The summed E-state index contributed by atoms with van der Waals surface area (Å²) in [6.07, 6.45) is 0.324. The molecule has 4 nitrogen and oxygen atoms in total. The molecule has 0 radical (unpaired) electrons. The second-order valence-corrected chi connectivity index (χ2v) is 5.28. The van der Waals surface area contributed by atoms with E-state index in [0.717, 1.165) is 23.5 Å². The monoisotopic (exact) mass is 318 g/mol. The van der Waals surface area contributed by atoms with Gasteiger partial charge in [0.2, 0.25) is 5.91 Å². The molecule has 2 N–H and O–H groups in total. The molecule has 0 aromatic heterocycles. The van der Waals surface area contributed by atoms with E-state index in [9.17, 15) is 4.79 Å². The van der Waals surface area contributed by atoms with Crippen LogP contribution in [-0.2, 0) is 16.0 Å². The number of anilines is 2. The summed E-state index contributed by atoms with van der Waals surface area (Å²) in [6, 6.07) is 14.9. The van der Waals surface area contributed by atoms with Crippen molar-refractivity contribution in [2.75, 3.05) is 30.9 Å². The van der Waals surface area contributed by atoms with Crippen molar-refractivity contribution in [3.05, 3.63) is 59.1 Å². The highest BCUT2D eigenvalue weighted by Gasteiger charge is 2.04. The largest absolute Gasteiger partial charge is 0.383 e. The number of amides is 1. The van der Waals surface area contributed by atoms with Gasteiger partial charge in [-0.2, -0.15) is 0 Å². The van der Waals surface area contributed by atoms with Crippen LogP contribution in [0.2, 0.25) is 5.02 Å². The Kier molecular flexibility index (Phi) is 6.25. The van der Waals surface area contributed by atoms with Crippen LogP contribution < -0.4 is 10.6 Å². The third kappa shape index (κ3) is 5.39. The van der Waals surface area contributed by atoms with E-state index in [1.807, 2.05) is 36.4 Å². The molecule has 5 heteroatoms. The van der Waals surface area contributed by atoms with E-state index in [1.165, 1.54) is 0 Å². The molecule has 22 heavy (non-hydrogen) atoms. The molecule has 2 rings (SSSR count). The van der Waals surface area contributed by atoms with Crippen LogP contribution in [0.3, 0.4) is 0 Å². The normalized spacial score (nSPS) is 10.3. The van der Waals surface area contributed by atoms with E-state index < -0.39 is 0 Å². The maximum atomic E-state index is 12.0. The summed E-state index contributed by atoms with van der Waals surface area (Å²) < 4.78 is 4.98. The van der Waals surface area contributed by atoms with Gasteiger partial charge in [-0.25, -0.2) is 0 Å². The van der Waals surface area contributed by atoms with E-state index in [0.29, 0.717) is 18.1 Å². The van der Waals surface area contributed by atoms with Crippen LogP contribution in [-0.4, -0.2) is 26.2 Å². The number of hydrogen-bond acceptors (Lipinski definition) is 3. The number of ether oxygens (including phenoxy) is 1. The lowest BCUT2D eigenvalue weighted by molar-refractivity contribution is -0.115. The van der Waals surface area contributed by atoms with Crippen molar-refractivity contribution in [2.24, 2.45) is 0 Å². The van der Waals surface area contributed by atoms with Gasteiger partial charge in [0.05, 0.1) is 13.0 Å². The molecule has 2 aromatic rings. The number of carbonyl (C=O) groups excluding carboxylic acids is 1. The summed E-state index contributed by atoms with van der Waals surface area (Å²) in [5.41, 5.74) is 2.70. The van der Waals surface area contributed by atoms with E-state index in [1.54, 1.807) is 19.2 Å². The van der Waals surface area contributed by atoms with Crippen molar-refractivity contribution in [2.45, 2.75) is 6.42 Å². The van der Waals surface area contributed by atoms with Crippen molar-refractivity contribution in [3.63, 3.8) is 0 Å². The number of nitrogens with one attached hydrogen (secondary N) is 2. The summed E-state index contributed by atoms with van der Waals surface area (Å²) >= 11 is 5.82. The van der Waals surface area contributed by atoms with Gasteiger partial charge in [0.1, 0.15) is 0 Å². The first-order chi connectivity index (χ1) is 10.7. The van der Waals surface area contributed by atoms with Crippen LogP contribution >= 0.6 is 11.6 Å². The summed E-state index contributed by atoms with van der Waals surface area (Å²) in [5.74, 6) is -0.0533. The number of rotatable bonds is 7. The minimum atomic E-state index is -0.0533. The minimum Gasteiger partial charge on any atom is -0.383 e. The Bertz CT molecular complexity index is 597. The predicted molar refractivity (Wildman–Crippen MR) is 90.6 cm³/mol. The highest BCUT2D eigenvalue weighted by atomic mass is 35.5. The Labute approximate surface area is 135 Å². The van der Waals surface area contributed by atoms with Crippen molar-refractivity contribution in [1.29, 1.82) is 0 Å². The highest BCUT2D eigenvalue weighted by Crippen LogP contribution is 2.14. The zero-order chi connectivity index (χ0) is 15.8. The number of halogens is 1.